The lowest BCUT2D eigenvalue weighted by molar-refractivity contribution is -0.134. The van der Waals surface area contributed by atoms with Gasteiger partial charge in [0.05, 0.1) is 6.04 Å². The van der Waals surface area contributed by atoms with Gasteiger partial charge in [0.2, 0.25) is 11.8 Å². The van der Waals surface area contributed by atoms with E-state index in [9.17, 15) is 9.59 Å². The number of aromatic nitrogens is 1. The quantitative estimate of drug-likeness (QED) is 0.544. The molecule has 2 heterocycles. The molecule has 34 heavy (non-hydrogen) atoms. The predicted molar refractivity (Wildman–Crippen MR) is 126 cm³/mol. The fourth-order valence-electron chi connectivity index (χ4n) is 4.44. The predicted octanol–water partition coefficient (Wildman–Crippen LogP) is 4.28. The van der Waals surface area contributed by atoms with Crippen LogP contribution in [0.1, 0.15) is 65.3 Å². The molecule has 0 bridgehead atoms. The SMILES string of the molecule is CCCNC(=O)c1coc(COc2ccc3c(c2)C(c2ccccc2)N(C(=O)C2CC2)CC3)n1. The molecule has 1 unspecified atom stereocenters. The zero-order valence-electron chi connectivity index (χ0n) is 19.3. The van der Waals surface area contributed by atoms with E-state index in [0.29, 0.717) is 18.2 Å². The fraction of sp³-hybridized carbons (Fsp3) is 0.370. The van der Waals surface area contributed by atoms with Crippen LogP contribution in [0.25, 0.3) is 0 Å². The molecule has 1 aromatic heterocycles. The van der Waals surface area contributed by atoms with Gasteiger partial charge in [-0.15, -0.1) is 0 Å². The highest BCUT2D eigenvalue weighted by molar-refractivity contribution is 5.91. The van der Waals surface area contributed by atoms with Gasteiger partial charge in [-0.1, -0.05) is 43.3 Å². The third kappa shape index (κ3) is 4.69. The Bertz CT molecular complexity index is 1170. The number of benzene rings is 2. The van der Waals surface area contributed by atoms with E-state index in [0.717, 1.165) is 43.4 Å². The summed E-state index contributed by atoms with van der Waals surface area (Å²) in [5.74, 6) is 1.18. The molecule has 7 heteroatoms. The van der Waals surface area contributed by atoms with Gasteiger partial charge in [0.15, 0.2) is 12.3 Å². The zero-order chi connectivity index (χ0) is 23.5. The lowest BCUT2D eigenvalue weighted by Crippen LogP contribution is -2.41. The maximum absolute atomic E-state index is 13.1. The number of oxazole rings is 1. The molecule has 2 amide bonds. The Hall–Kier alpha value is -3.61. The molecule has 0 radical (unpaired) electrons. The second kappa shape index (κ2) is 9.71. The minimum absolute atomic E-state index is 0.112. The average Bonchev–Trinajstić information content (AvgIpc) is 3.62. The van der Waals surface area contributed by atoms with Gasteiger partial charge < -0.3 is 19.4 Å². The molecule has 1 atom stereocenters. The summed E-state index contributed by atoms with van der Waals surface area (Å²) in [4.78, 5) is 31.4. The molecule has 1 saturated carbocycles. The summed E-state index contributed by atoms with van der Waals surface area (Å²) in [7, 11) is 0. The van der Waals surface area contributed by atoms with Gasteiger partial charge in [-0.3, -0.25) is 9.59 Å². The topological polar surface area (TPSA) is 84.7 Å². The fourth-order valence-corrected chi connectivity index (χ4v) is 4.44. The number of ether oxygens (including phenoxy) is 1. The van der Waals surface area contributed by atoms with Crippen molar-refractivity contribution >= 4 is 11.8 Å². The van der Waals surface area contributed by atoms with Gasteiger partial charge in [-0.2, -0.15) is 0 Å². The molecule has 1 aliphatic heterocycles. The molecule has 0 spiro atoms. The molecule has 5 rings (SSSR count). The first kappa shape index (κ1) is 22.2. The van der Waals surface area contributed by atoms with Crippen molar-refractivity contribution in [3.63, 3.8) is 0 Å². The Morgan fingerprint density at radius 1 is 1.18 bits per heavy atom. The summed E-state index contributed by atoms with van der Waals surface area (Å²) in [5.41, 5.74) is 3.67. The molecular weight excluding hydrogens is 430 g/mol. The Balaban J connectivity index is 1.36. The number of carbonyl (C=O) groups is 2. The molecule has 176 valence electrons. The van der Waals surface area contributed by atoms with E-state index in [4.69, 9.17) is 9.15 Å². The normalized spacial score (nSPS) is 17.2. The molecule has 2 aromatic carbocycles. The van der Waals surface area contributed by atoms with E-state index < -0.39 is 0 Å². The Labute approximate surface area is 199 Å². The first-order chi connectivity index (χ1) is 16.6. The molecule has 0 saturated heterocycles. The number of rotatable bonds is 8. The van der Waals surface area contributed by atoms with Crippen LogP contribution in [0.2, 0.25) is 0 Å². The minimum Gasteiger partial charge on any atom is -0.484 e. The summed E-state index contributed by atoms with van der Waals surface area (Å²) in [6, 6.07) is 16.1. The van der Waals surface area contributed by atoms with Crippen molar-refractivity contribution in [3.05, 3.63) is 83.1 Å². The van der Waals surface area contributed by atoms with Crippen LogP contribution in [0.15, 0.2) is 59.2 Å². The van der Waals surface area contributed by atoms with Gasteiger partial charge >= 0.3 is 0 Å². The molecule has 1 aliphatic carbocycles. The van der Waals surface area contributed by atoms with Crippen molar-refractivity contribution in [3.8, 4) is 5.75 Å². The number of hydrogen-bond donors (Lipinski definition) is 1. The third-order valence-corrected chi connectivity index (χ3v) is 6.35. The molecule has 2 aliphatic rings. The van der Waals surface area contributed by atoms with Crippen molar-refractivity contribution in [2.75, 3.05) is 13.1 Å². The van der Waals surface area contributed by atoms with Crippen molar-refractivity contribution in [1.82, 2.24) is 15.2 Å². The van der Waals surface area contributed by atoms with Crippen LogP contribution >= 0.6 is 0 Å². The van der Waals surface area contributed by atoms with Gasteiger partial charge in [0.1, 0.15) is 12.0 Å². The van der Waals surface area contributed by atoms with Gasteiger partial charge in [0, 0.05) is 19.0 Å². The van der Waals surface area contributed by atoms with Crippen molar-refractivity contribution < 1.29 is 18.7 Å². The van der Waals surface area contributed by atoms with E-state index in [-0.39, 0.29) is 36.1 Å². The molecule has 1 N–H and O–H groups in total. The van der Waals surface area contributed by atoms with E-state index in [1.807, 2.05) is 42.2 Å². The third-order valence-electron chi connectivity index (χ3n) is 6.35. The van der Waals surface area contributed by atoms with Crippen LogP contribution < -0.4 is 10.1 Å². The number of nitrogens with one attached hydrogen (secondary N) is 1. The average molecular weight is 460 g/mol. The Kier molecular flexibility index (Phi) is 6.34. The summed E-state index contributed by atoms with van der Waals surface area (Å²) < 4.78 is 11.4. The number of nitrogens with zero attached hydrogens (tertiary/aromatic N) is 2. The second-order valence-electron chi connectivity index (χ2n) is 8.90. The monoisotopic (exact) mass is 459 g/mol. The van der Waals surface area contributed by atoms with Crippen molar-refractivity contribution in [1.29, 1.82) is 0 Å². The number of hydrogen-bond acceptors (Lipinski definition) is 5. The van der Waals surface area contributed by atoms with Crippen LogP contribution in [-0.4, -0.2) is 34.8 Å². The highest BCUT2D eigenvalue weighted by atomic mass is 16.5. The standard InChI is InChI=1S/C27H29N3O4/c1-2-13-28-26(31)23-16-34-24(29-23)17-33-21-11-10-18-12-14-30(27(32)20-8-9-20)25(22(18)15-21)19-6-4-3-5-7-19/h3-7,10-11,15-16,20,25H,2,8-9,12-14,17H2,1H3,(H,28,31). The van der Waals surface area contributed by atoms with Crippen LogP contribution in [-0.2, 0) is 17.8 Å². The van der Waals surface area contributed by atoms with Gasteiger partial charge in [-0.25, -0.2) is 4.98 Å². The highest BCUT2D eigenvalue weighted by Gasteiger charge is 2.39. The highest BCUT2D eigenvalue weighted by Crippen LogP contribution is 2.41. The maximum Gasteiger partial charge on any atom is 0.273 e. The molecule has 7 nitrogen and oxygen atoms in total. The maximum atomic E-state index is 13.1. The summed E-state index contributed by atoms with van der Waals surface area (Å²) in [6.45, 7) is 3.42. The summed E-state index contributed by atoms with van der Waals surface area (Å²) in [6.07, 6.45) is 5.01. The molecule has 1 fully saturated rings. The number of amides is 2. The first-order valence-electron chi connectivity index (χ1n) is 12.0. The van der Waals surface area contributed by atoms with E-state index in [1.165, 1.54) is 11.8 Å². The van der Waals surface area contributed by atoms with Crippen molar-refractivity contribution in [2.45, 2.75) is 45.3 Å². The van der Waals surface area contributed by atoms with E-state index >= 15 is 0 Å². The Morgan fingerprint density at radius 2 is 2.00 bits per heavy atom. The van der Waals surface area contributed by atoms with Gasteiger partial charge in [-0.05, 0) is 54.5 Å². The van der Waals surface area contributed by atoms with Crippen LogP contribution in [0.5, 0.6) is 5.75 Å². The number of fused-ring (bicyclic) bond motifs is 1. The summed E-state index contributed by atoms with van der Waals surface area (Å²) in [5, 5.41) is 2.78. The second-order valence-corrected chi connectivity index (χ2v) is 8.90. The molecule has 3 aromatic rings. The van der Waals surface area contributed by atoms with Crippen LogP contribution in [0.3, 0.4) is 0 Å². The molecular formula is C27H29N3O4. The van der Waals surface area contributed by atoms with Crippen molar-refractivity contribution in [2.24, 2.45) is 5.92 Å². The lowest BCUT2D eigenvalue weighted by Gasteiger charge is -2.38. The van der Waals surface area contributed by atoms with E-state index in [2.05, 4.69) is 28.5 Å². The smallest absolute Gasteiger partial charge is 0.273 e. The van der Waals surface area contributed by atoms with Crippen LogP contribution in [0, 0.1) is 5.92 Å². The first-order valence-corrected chi connectivity index (χ1v) is 12.0. The van der Waals surface area contributed by atoms with Gasteiger partial charge in [0.25, 0.3) is 5.91 Å². The number of carbonyl (C=O) groups excluding carboxylic acids is 2. The Morgan fingerprint density at radius 3 is 2.76 bits per heavy atom. The largest absolute Gasteiger partial charge is 0.484 e. The van der Waals surface area contributed by atoms with E-state index in [1.54, 1.807) is 0 Å². The zero-order valence-corrected chi connectivity index (χ0v) is 19.3. The van der Waals surface area contributed by atoms with Crippen LogP contribution in [0.4, 0.5) is 0 Å². The minimum atomic E-state index is -0.253. The summed E-state index contributed by atoms with van der Waals surface area (Å²) >= 11 is 0. The lowest BCUT2D eigenvalue weighted by atomic mass is 9.87.